The summed E-state index contributed by atoms with van der Waals surface area (Å²) in [7, 11) is 0. The summed E-state index contributed by atoms with van der Waals surface area (Å²) in [6.07, 6.45) is 0.200. The molecule has 1 aromatic rings. The minimum absolute atomic E-state index is 0.0841. The van der Waals surface area contributed by atoms with Crippen LogP contribution in [0.25, 0.3) is 0 Å². The summed E-state index contributed by atoms with van der Waals surface area (Å²) in [5.74, 6) is -1.75. The third kappa shape index (κ3) is 2.26. The van der Waals surface area contributed by atoms with Gasteiger partial charge in [-0.3, -0.25) is 0 Å². The number of aliphatic hydroxyl groups is 1. The van der Waals surface area contributed by atoms with Crippen LogP contribution in [0.15, 0.2) is 18.2 Å². The molecule has 0 bridgehead atoms. The van der Waals surface area contributed by atoms with Gasteiger partial charge in [0, 0.05) is 6.61 Å². The maximum absolute atomic E-state index is 13.0. The van der Waals surface area contributed by atoms with Gasteiger partial charge in [-0.1, -0.05) is 6.07 Å². The first kappa shape index (κ1) is 9.67. The van der Waals surface area contributed by atoms with E-state index in [9.17, 15) is 9.18 Å². The number of carboxylic acid groups (broad SMARTS) is 1. The van der Waals surface area contributed by atoms with Crippen molar-refractivity contribution in [1.29, 1.82) is 0 Å². The van der Waals surface area contributed by atoms with Gasteiger partial charge < -0.3 is 10.2 Å². The fraction of sp³-hybridized carbons (Fsp3) is 0.222. The molecule has 0 heterocycles. The van der Waals surface area contributed by atoms with E-state index in [1.165, 1.54) is 12.1 Å². The largest absolute Gasteiger partial charge is 0.478 e. The van der Waals surface area contributed by atoms with Crippen molar-refractivity contribution in [3.63, 3.8) is 0 Å². The van der Waals surface area contributed by atoms with Crippen LogP contribution in [0.4, 0.5) is 4.39 Å². The van der Waals surface area contributed by atoms with Crippen molar-refractivity contribution >= 4 is 5.97 Å². The van der Waals surface area contributed by atoms with Crippen molar-refractivity contribution in [2.45, 2.75) is 6.42 Å². The van der Waals surface area contributed by atoms with Crippen molar-refractivity contribution in [1.82, 2.24) is 0 Å². The third-order valence-corrected chi connectivity index (χ3v) is 1.68. The highest BCUT2D eigenvalue weighted by Crippen LogP contribution is 2.10. The Morgan fingerprint density at radius 2 is 2.15 bits per heavy atom. The third-order valence-electron chi connectivity index (χ3n) is 1.68. The molecule has 0 atom stereocenters. The van der Waals surface area contributed by atoms with Gasteiger partial charge in [0.1, 0.15) is 5.82 Å². The first-order chi connectivity index (χ1) is 6.15. The van der Waals surface area contributed by atoms with Crippen molar-refractivity contribution < 1.29 is 19.4 Å². The average molecular weight is 184 g/mol. The van der Waals surface area contributed by atoms with E-state index in [-0.39, 0.29) is 18.6 Å². The average Bonchev–Trinajstić information content (AvgIpc) is 2.08. The number of halogens is 1. The lowest BCUT2D eigenvalue weighted by atomic mass is 10.1. The number of benzene rings is 1. The summed E-state index contributed by atoms with van der Waals surface area (Å²) >= 11 is 0. The number of carboxylic acids is 1. The number of aliphatic hydroxyl groups excluding tert-OH is 1. The Bertz CT molecular complexity index is 323. The molecule has 0 fully saturated rings. The molecule has 13 heavy (non-hydrogen) atoms. The second kappa shape index (κ2) is 4.00. The number of rotatable bonds is 3. The van der Waals surface area contributed by atoms with Gasteiger partial charge in [-0.15, -0.1) is 0 Å². The van der Waals surface area contributed by atoms with E-state index >= 15 is 0 Å². The quantitative estimate of drug-likeness (QED) is 0.738. The van der Waals surface area contributed by atoms with Gasteiger partial charge in [0.2, 0.25) is 0 Å². The fourth-order valence-electron chi connectivity index (χ4n) is 1.00. The van der Waals surface area contributed by atoms with E-state index in [2.05, 4.69) is 0 Å². The van der Waals surface area contributed by atoms with Gasteiger partial charge in [0.05, 0.1) is 5.56 Å². The van der Waals surface area contributed by atoms with Crippen LogP contribution in [0.3, 0.4) is 0 Å². The Kier molecular flexibility index (Phi) is 2.97. The molecule has 0 radical (unpaired) electrons. The van der Waals surface area contributed by atoms with Crippen molar-refractivity contribution in [2.75, 3.05) is 6.61 Å². The molecular weight excluding hydrogens is 175 g/mol. The van der Waals surface area contributed by atoms with Crippen LogP contribution in [-0.2, 0) is 6.42 Å². The molecule has 1 rings (SSSR count). The molecule has 0 aliphatic rings. The summed E-state index contributed by atoms with van der Waals surface area (Å²) in [6.45, 7) is -0.149. The number of carbonyl (C=O) groups is 1. The Morgan fingerprint density at radius 1 is 1.46 bits per heavy atom. The van der Waals surface area contributed by atoms with E-state index < -0.39 is 11.8 Å². The number of hydrogen-bond donors (Lipinski definition) is 2. The summed E-state index contributed by atoms with van der Waals surface area (Å²) in [5, 5.41) is 17.1. The zero-order valence-electron chi connectivity index (χ0n) is 6.83. The van der Waals surface area contributed by atoms with E-state index in [0.29, 0.717) is 5.56 Å². The topological polar surface area (TPSA) is 57.5 Å². The first-order valence-corrected chi connectivity index (χ1v) is 3.77. The first-order valence-electron chi connectivity index (χ1n) is 3.77. The van der Waals surface area contributed by atoms with E-state index in [0.717, 1.165) is 6.07 Å². The highest BCUT2D eigenvalue weighted by molar-refractivity contribution is 5.87. The molecule has 0 amide bonds. The molecule has 0 aromatic heterocycles. The molecule has 0 saturated heterocycles. The van der Waals surface area contributed by atoms with Crippen LogP contribution in [0, 0.1) is 5.82 Å². The van der Waals surface area contributed by atoms with Crippen LogP contribution in [0.2, 0.25) is 0 Å². The lowest BCUT2D eigenvalue weighted by Crippen LogP contribution is -2.00. The van der Waals surface area contributed by atoms with Gasteiger partial charge in [-0.05, 0) is 24.1 Å². The minimum atomic E-state index is -1.16. The standard InChI is InChI=1S/C9H9FO3/c10-8-5-7(9(12)13)2-1-6(8)3-4-11/h1-2,5,11H,3-4H2,(H,12,13). The minimum Gasteiger partial charge on any atom is -0.478 e. The van der Waals surface area contributed by atoms with Gasteiger partial charge in [-0.25, -0.2) is 9.18 Å². The van der Waals surface area contributed by atoms with E-state index in [1.807, 2.05) is 0 Å². The number of aromatic carboxylic acids is 1. The molecule has 0 aliphatic heterocycles. The highest BCUT2D eigenvalue weighted by atomic mass is 19.1. The lowest BCUT2D eigenvalue weighted by molar-refractivity contribution is 0.0696. The van der Waals surface area contributed by atoms with Crippen LogP contribution in [-0.4, -0.2) is 22.8 Å². The van der Waals surface area contributed by atoms with Crippen LogP contribution >= 0.6 is 0 Å². The Labute approximate surface area is 74.4 Å². The molecule has 0 aliphatic carbocycles. The van der Waals surface area contributed by atoms with Crippen LogP contribution in [0.5, 0.6) is 0 Å². The van der Waals surface area contributed by atoms with Crippen molar-refractivity contribution in [3.05, 3.63) is 35.1 Å². The molecule has 1 aromatic carbocycles. The summed E-state index contributed by atoms with van der Waals surface area (Å²) < 4.78 is 13.0. The smallest absolute Gasteiger partial charge is 0.335 e. The summed E-state index contributed by atoms with van der Waals surface area (Å²) in [4.78, 5) is 10.4. The van der Waals surface area contributed by atoms with Crippen molar-refractivity contribution in [2.24, 2.45) is 0 Å². The van der Waals surface area contributed by atoms with Gasteiger partial charge >= 0.3 is 5.97 Å². The molecule has 0 unspecified atom stereocenters. The zero-order chi connectivity index (χ0) is 9.84. The molecule has 3 nitrogen and oxygen atoms in total. The summed E-state index contributed by atoms with van der Waals surface area (Å²) in [5.41, 5.74) is 0.242. The second-order valence-electron chi connectivity index (χ2n) is 2.58. The van der Waals surface area contributed by atoms with Crippen LogP contribution < -0.4 is 0 Å². The second-order valence-corrected chi connectivity index (χ2v) is 2.58. The van der Waals surface area contributed by atoms with Crippen LogP contribution in [0.1, 0.15) is 15.9 Å². The number of hydrogen-bond acceptors (Lipinski definition) is 2. The predicted octanol–water partition coefficient (Wildman–Crippen LogP) is 1.06. The molecule has 2 N–H and O–H groups in total. The molecule has 4 heteroatoms. The molecule has 0 spiro atoms. The molecule has 0 saturated carbocycles. The molecular formula is C9H9FO3. The van der Waals surface area contributed by atoms with Gasteiger partial charge in [0.15, 0.2) is 0 Å². The predicted molar refractivity (Wildman–Crippen MR) is 44.1 cm³/mol. The SMILES string of the molecule is O=C(O)c1ccc(CCO)c(F)c1. The monoisotopic (exact) mass is 184 g/mol. The van der Waals surface area contributed by atoms with E-state index in [1.54, 1.807) is 0 Å². The fourth-order valence-corrected chi connectivity index (χ4v) is 1.00. The molecule has 70 valence electrons. The maximum atomic E-state index is 13.0. The highest BCUT2D eigenvalue weighted by Gasteiger charge is 2.07. The zero-order valence-corrected chi connectivity index (χ0v) is 6.83. The maximum Gasteiger partial charge on any atom is 0.335 e. The van der Waals surface area contributed by atoms with Gasteiger partial charge in [-0.2, -0.15) is 0 Å². The van der Waals surface area contributed by atoms with Crippen molar-refractivity contribution in [3.8, 4) is 0 Å². The normalized spacial score (nSPS) is 10.0. The summed E-state index contributed by atoms with van der Waals surface area (Å²) in [6, 6.07) is 3.64. The Balaban J connectivity index is 2.98. The lowest BCUT2D eigenvalue weighted by Gasteiger charge is -2.01. The Morgan fingerprint density at radius 3 is 2.62 bits per heavy atom. The Hall–Kier alpha value is -1.42. The van der Waals surface area contributed by atoms with E-state index in [4.69, 9.17) is 10.2 Å². The van der Waals surface area contributed by atoms with Gasteiger partial charge in [0.25, 0.3) is 0 Å².